The van der Waals surface area contributed by atoms with E-state index in [1.54, 1.807) is 0 Å². The third-order valence-electron chi connectivity index (χ3n) is 3.73. The van der Waals surface area contributed by atoms with Gasteiger partial charge in [-0.15, -0.1) is 0 Å². The number of azide groups is 1. The van der Waals surface area contributed by atoms with Gasteiger partial charge in [-0.25, -0.2) is 0 Å². The van der Waals surface area contributed by atoms with Gasteiger partial charge in [0.15, 0.2) is 0 Å². The number of anilines is 1. The van der Waals surface area contributed by atoms with Gasteiger partial charge in [0.25, 0.3) is 0 Å². The first-order chi connectivity index (χ1) is 10.2. The first-order valence-electron chi connectivity index (χ1n) is 6.74. The molecule has 1 fully saturated rings. The van der Waals surface area contributed by atoms with Crippen LogP contribution in [0.15, 0.2) is 29.4 Å². The van der Waals surface area contributed by atoms with Gasteiger partial charge in [0.05, 0.1) is 12.1 Å². The average Bonchev–Trinajstić information content (AvgIpc) is 2.47. The summed E-state index contributed by atoms with van der Waals surface area (Å²) < 4.78 is 18.3. The van der Waals surface area contributed by atoms with Gasteiger partial charge in [-0.05, 0) is 29.5 Å². The summed E-state index contributed by atoms with van der Waals surface area (Å²) in [6.07, 6.45) is 1.57. The van der Waals surface area contributed by atoms with Gasteiger partial charge >= 0.3 is 0 Å². The Labute approximate surface area is 128 Å². The maximum absolute atomic E-state index is 13.0. The van der Waals surface area contributed by atoms with Gasteiger partial charge in [-0.2, -0.15) is 11.8 Å². The molecule has 0 aromatic heterocycles. The lowest BCUT2D eigenvalue weighted by Gasteiger charge is -2.40. The minimum absolute atomic E-state index is 0.560. The van der Waals surface area contributed by atoms with Crippen molar-refractivity contribution in [3.63, 3.8) is 0 Å². The Morgan fingerprint density at radius 1 is 1.48 bits per heavy atom. The SMILES string of the molecule is CO[C@H](c1ccc(N2CC(SC)C2)cc1)[C@@H](CF)N=[N+]=[N-]. The zero-order valence-corrected chi connectivity index (χ0v) is 13.0. The monoisotopic (exact) mass is 310 g/mol. The number of methoxy groups -OCH3 is 1. The van der Waals surface area contributed by atoms with Crippen molar-refractivity contribution in [2.24, 2.45) is 5.11 Å². The molecule has 21 heavy (non-hydrogen) atoms. The third-order valence-corrected chi connectivity index (χ3v) is 4.69. The second kappa shape index (κ2) is 7.54. The van der Waals surface area contributed by atoms with Crippen molar-refractivity contribution in [2.75, 3.05) is 38.0 Å². The highest BCUT2D eigenvalue weighted by Gasteiger charge is 2.26. The van der Waals surface area contributed by atoms with Crippen LogP contribution in [0.1, 0.15) is 11.7 Å². The van der Waals surface area contributed by atoms with E-state index >= 15 is 0 Å². The van der Waals surface area contributed by atoms with Crippen LogP contribution in [0.3, 0.4) is 0 Å². The zero-order chi connectivity index (χ0) is 15.2. The van der Waals surface area contributed by atoms with E-state index in [0.29, 0.717) is 5.25 Å². The molecule has 0 unspecified atom stereocenters. The molecular formula is C14H19FN4OS. The number of hydrogen-bond donors (Lipinski definition) is 0. The summed E-state index contributed by atoms with van der Waals surface area (Å²) in [4.78, 5) is 4.98. The number of benzene rings is 1. The van der Waals surface area contributed by atoms with Crippen LogP contribution in [-0.2, 0) is 4.74 Å². The number of ether oxygens (including phenoxy) is 1. The Morgan fingerprint density at radius 3 is 2.62 bits per heavy atom. The summed E-state index contributed by atoms with van der Waals surface area (Å²) in [5, 5.41) is 4.17. The summed E-state index contributed by atoms with van der Waals surface area (Å²) in [6.45, 7) is 1.37. The summed E-state index contributed by atoms with van der Waals surface area (Å²) in [5.41, 5.74) is 10.5. The van der Waals surface area contributed by atoms with Crippen LogP contribution in [-0.4, -0.2) is 44.4 Å². The Morgan fingerprint density at radius 2 is 2.14 bits per heavy atom. The largest absolute Gasteiger partial charge is 0.376 e. The van der Waals surface area contributed by atoms with Crippen LogP contribution >= 0.6 is 11.8 Å². The second-order valence-corrected chi connectivity index (χ2v) is 6.08. The molecule has 5 nitrogen and oxygen atoms in total. The van der Waals surface area contributed by atoms with Crippen molar-refractivity contribution in [1.29, 1.82) is 0 Å². The fraction of sp³-hybridized carbons (Fsp3) is 0.571. The van der Waals surface area contributed by atoms with Gasteiger partial charge in [0.2, 0.25) is 0 Å². The molecule has 1 heterocycles. The number of halogens is 1. The highest BCUT2D eigenvalue weighted by molar-refractivity contribution is 7.99. The molecule has 114 valence electrons. The maximum Gasteiger partial charge on any atom is 0.101 e. The molecule has 0 saturated carbocycles. The summed E-state index contributed by atoms with van der Waals surface area (Å²) in [5.74, 6) is 0. The maximum atomic E-state index is 13.0. The van der Waals surface area contributed by atoms with Gasteiger partial charge in [-0.3, -0.25) is 4.39 Å². The van der Waals surface area contributed by atoms with Gasteiger partial charge in [-0.1, -0.05) is 17.2 Å². The Kier molecular flexibility index (Phi) is 5.73. The normalized spacial score (nSPS) is 17.8. The van der Waals surface area contributed by atoms with Crippen LogP contribution in [0.5, 0.6) is 0 Å². The summed E-state index contributed by atoms with van der Waals surface area (Å²) >= 11 is 1.88. The molecule has 1 aliphatic heterocycles. The molecule has 0 amide bonds. The van der Waals surface area contributed by atoms with Crippen molar-refractivity contribution in [3.05, 3.63) is 40.3 Å². The molecule has 7 heteroatoms. The van der Waals surface area contributed by atoms with Crippen molar-refractivity contribution in [3.8, 4) is 0 Å². The first-order valence-corrected chi connectivity index (χ1v) is 8.03. The van der Waals surface area contributed by atoms with Crippen molar-refractivity contribution >= 4 is 17.4 Å². The molecule has 1 aromatic carbocycles. The summed E-state index contributed by atoms with van der Waals surface area (Å²) in [7, 11) is 1.49. The lowest BCUT2D eigenvalue weighted by molar-refractivity contribution is 0.0722. The standard InChI is InChI=1S/C14H19FN4OS/c1-20-14(13(7-15)17-18-16)10-3-5-11(6-4-10)19-8-12(9-19)21-2/h3-6,12-14H,7-9H2,1-2H3/t13-,14-/m1/s1. The van der Waals surface area contributed by atoms with Gasteiger partial charge in [0, 0.05) is 36.0 Å². The Bertz CT molecular complexity index is 500. The molecule has 2 atom stereocenters. The number of nitrogens with zero attached hydrogens (tertiary/aromatic N) is 4. The number of alkyl halides is 1. The minimum atomic E-state index is -0.837. The Hall–Kier alpha value is -1.43. The van der Waals surface area contributed by atoms with Crippen molar-refractivity contribution in [2.45, 2.75) is 17.4 Å². The smallest absolute Gasteiger partial charge is 0.101 e. The van der Waals surface area contributed by atoms with Crippen LogP contribution < -0.4 is 4.90 Å². The predicted octanol–water partition coefficient (Wildman–Crippen LogP) is 3.57. The lowest BCUT2D eigenvalue weighted by Crippen LogP contribution is -2.48. The molecule has 0 spiro atoms. The van der Waals surface area contributed by atoms with E-state index in [1.807, 2.05) is 36.0 Å². The van der Waals surface area contributed by atoms with E-state index in [1.165, 1.54) is 7.11 Å². The molecule has 1 aromatic rings. The van der Waals surface area contributed by atoms with Gasteiger partial charge < -0.3 is 9.64 Å². The highest BCUT2D eigenvalue weighted by atomic mass is 32.2. The van der Waals surface area contributed by atoms with Gasteiger partial charge in [0.1, 0.15) is 6.67 Å². The number of rotatable bonds is 7. The molecule has 1 aliphatic rings. The van der Waals surface area contributed by atoms with E-state index in [0.717, 1.165) is 24.3 Å². The van der Waals surface area contributed by atoms with Crippen LogP contribution in [0, 0.1) is 0 Å². The fourth-order valence-electron chi connectivity index (χ4n) is 2.43. The average molecular weight is 310 g/mol. The number of thioether (sulfide) groups is 1. The van der Waals surface area contributed by atoms with E-state index < -0.39 is 18.8 Å². The van der Waals surface area contributed by atoms with Crippen LogP contribution in [0.4, 0.5) is 10.1 Å². The van der Waals surface area contributed by atoms with Crippen molar-refractivity contribution in [1.82, 2.24) is 0 Å². The molecule has 0 aliphatic carbocycles. The third kappa shape index (κ3) is 3.61. The highest BCUT2D eigenvalue weighted by Crippen LogP contribution is 2.29. The molecular weight excluding hydrogens is 291 g/mol. The zero-order valence-electron chi connectivity index (χ0n) is 12.1. The van der Waals surface area contributed by atoms with E-state index in [-0.39, 0.29) is 0 Å². The number of hydrogen-bond acceptors (Lipinski definition) is 4. The first kappa shape index (κ1) is 15.9. The van der Waals surface area contributed by atoms with Crippen LogP contribution in [0.2, 0.25) is 0 Å². The van der Waals surface area contributed by atoms with E-state index in [4.69, 9.17) is 10.3 Å². The molecule has 0 radical (unpaired) electrons. The second-order valence-electron chi connectivity index (χ2n) is 4.94. The predicted molar refractivity (Wildman–Crippen MR) is 84.6 cm³/mol. The van der Waals surface area contributed by atoms with Crippen LogP contribution in [0.25, 0.3) is 10.4 Å². The van der Waals surface area contributed by atoms with Crippen molar-refractivity contribution < 1.29 is 9.13 Å². The fourth-order valence-corrected chi connectivity index (χ4v) is 3.08. The Balaban J connectivity index is 2.08. The molecule has 0 N–H and O–H groups in total. The lowest BCUT2D eigenvalue weighted by atomic mass is 10.0. The van der Waals surface area contributed by atoms with E-state index in [2.05, 4.69) is 21.2 Å². The quantitative estimate of drug-likeness (QED) is 0.439. The molecule has 2 rings (SSSR count). The topological polar surface area (TPSA) is 61.2 Å². The molecule has 0 bridgehead atoms. The summed E-state index contributed by atoms with van der Waals surface area (Å²) in [6, 6.07) is 6.99. The molecule has 1 saturated heterocycles. The minimum Gasteiger partial charge on any atom is -0.376 e. The van der Waals surface area contributed by atoms with E-state index in [9.17, 15) is 4.39 Å².